The van der Waals surface area contributed by atoms with E-state index in [9.17, 15) is 4.79 Å². The van der Waals surface area contributed by atoms with Crippen molar-refractivity contribution in [1.29, 1.82) is 0 Å². The molecule has 2 atom stereocenters. The molecule has 5 nitrogen and oxygen atoms in total. The molecule has 2 rings (SSSR count). The lowest BCUT2D eigenvalue weighted by molar-refractivity contribution is -0.125. The minimum atomic E-state index is -0.0590. The topological polar surface area (TPSA) is 59.6 Å². The lowest BCUT2D eigenvalue weighted by atomic mass is 10.1. The number of morpholine rings is 1. The van der Waals surface area contributed by atoms with E-state index in [0.29, 0.717) is 13.0 Å². The maximum absolute atomic E-state index is 12.0. The summed E-state index contributed by atoms with van der Waals surface area (Å²) in [6.45, 7) is 4.22. The fraction of sp³-hybridized carbons (Fsp3) is 0.533. The van der Waals surface area contributed by atoms with Crippen molar-refractivity contribution < 1.29 is 14.3 Å². The summed E-state index contributed by atoms with van der Waals surface area (Å²) >= 11 is 3.46. The number of carbonyl (C=O) groups is 1. The largest absolute Gasteiger partial charge is 0.496 e. The van der Waals surface area contributed by atoms with Crippen molar-refractivity contribution in [3.63, 3.8) is 0 Å². The van der Waals surface area contributed by atoms with Gasteiger partial charge in [0, 0.05) is 13.1 Å². The van der Waals surface area contributed by atoms with Crippen molar-refractivity contribution in [2.24, 2.45) is 0 Å². The highest BCUT2D eigenvalue weighted by Crippen LogP contribution is 2.28. The van der Waals surface area contributed by atoms with Gasteiger partial charge in [-0.05, 0) is 40.5 Å². The van der Waals surface area contributed by atoms with Gasteiger partial charge in [0.1, 0.15) is 5.75 Å². The molecule has 2 unspecified atom stereocenters. The molecule has 0 bridgehead atoms. The van der Waals surface area contributed by atoms with Gasteiger partial charge in [-0.1, -0.05) is 6.07 Å². The molecule has 0 aliphatic carbocycles. The van der Waals surface area contributed by atoms with Crippen molar-refractivity contribution in [1.82, 2.24) is 10.6 Å². The molecule has 2 N–H and O–H groups in total. The number of hydrogen-bond donors (Lipinski definition) is 2. The Hall–Kier alpha value is -0.820. The second-order valence-corrected chi connectivity index (χ2v) is 5.94. The van der Waals surface area contributed by atoms with E-state index in [1.54, 1.807) is 7.11 Å². The minimum absolute atomic E-state index is 0. The van der Waals surface area contributed by atoms with E-state index in [-0.39, 0.29) is 30.5 Å². The quantitative estimate of drug-likeness (QED) is 0.807. The monoisotopic (exact) mass is 392 g/mol. The molecule has 1 amide bonds. The third kappa shape index (κ3) is 5.43. The minimum Gasteiger partial charge on any atom is -0.496 e. The first-order valence-electron chi connectivity index (χ1n) is 7.05. The smallest absolute Gasteiger partial charge is 0.223 e. The summed E-state index contributed by atoms with van der Waals surface area (Å²) in [7, 11) is 1.63. The molecule has 0 spiro atoms. The second-order valence-electron chi connectivity index (χ2n) is 5.08. The highest BCUT2D eigenvalue weighted by atomic mass is 79.9. The molecule has 0 radical (unpaired) electrons. The van der Waals surface area contributed by atoms with Crippen molar-refractivity contribution in [3.05, 3.63) is 28.2 Å². The molecule has 0 saturated carbocycles. The van der Waals surface area contributed by atoms with Gasteiger partial charge in [0.05, 0.1) is 36.8 Å². The standard InChI is InChI=1S/C15H21BrN2O3.ClH/c1-10(11-3-4-14(20-2)13(16)7-11)18-15(19)8-12-9-17-5-6-21-12;/h3-4,7,10,12,17H,5-6,8-9H2,1-2H3,(H,18,19);1H. The Morgan fingerprint density at radius 1 is 1.59 bits per heavy atom. The predicted molar refractivity (Wildman–Crippen MR) is 91.7 cm³/mol. The second kappa shape index (κ2) is 9.35. The van der Waals surface area contributed by atoms with Crippen LogP contribution in [0.5, 0.6) is 5.75 Å². The van der Waals surface area contributed by atoms with Gasteiger partial charge in [0.25, 0.3) is 0 Å². The summed E-state index contributed by atoms with van der Waals surface area (Å²) in [6.07, 6.45) is 0.350. The Morgan fingerprint density at radius 2 is 2.36 bits per heavy atom. The molecule has 0 aromatic heterocycles. The maximum Gasteiger partial charge on any atom is 0.223 e. The molecular weight excluding hydrogens is 372 g/mol. The van der Waals surface area contributed by atoms with Crippen LogP contribution in [-0.2, 0) is 9.53 Å². The zero-order valence-corrected chi connectivity index (χ0v) is 15.1. The molecule has 1 heterocycles. The molecule has 124 valence electrons. The van der Waals surface area contributed by atoms with E-state index >= 15 is 0 Å². The predicted octanol–water partition coefficient (Wildman–Crippen LogP) is 2.44. The average Bonchev–Trinajstić information content (AvgIpc) is 2.48. The van der Waals surface area contributed by atoms with Gasteiger partial charge in [-0.2, -0.15) is 0 Å². The Balaban J connectivity index is 0.00000242. The van der Waals surface area contributed by atoms with E-state index in [4.69, 9.17) is 9.47 Å². The lowest BCUT2D eigenvalue weighted by Gasteiger charge is -2.24. The van der Waals surface area contributed by atoms with Gasteiger partial charge >= 0.3 is 0 Å². The third-order valence-electron chi connectivity index (χ3n) is 3.47. The third-order valence-corrected chi connectivity index (χ3v) is 4.09. The lowest BCUT2D eigenvalue weighted by Crippen LogP contribution is -2.41. The molecule has 1 aromatic carbocycles. The number of halogens is 2. The summed E-state index contributed by atoms with van der Waals surface area (Å²) in [4.78, 5) is 12.0. The number of hydrogen-bond acceptors (Lipinski definition) is 4. The first-order valence-corrected chi connectivity index (χ1v) is 7.84. The Morgan fingerprint density at radius 3 is 2.95 bits per heavy atom. The molecule has 1 aliphatic rings. The normalized spacial score (nSPS) is 19.0. The zero-order chi connectivity index (χ0) is 15.2. The highest BCUT2D eigenvalue weighted by Gasteiger charge is 2.19. The van der Waals surface area contributed by atoms with Gasteiger partial charge in [0.15, 0.2) is 0 Å². The summed E-state index contributed by atoms with van der Waals surface area (Å²) in [5.74, 6) is 0.780. The SMILES string of the molecule is COc1ccc(C(C)NC(=O)CC2CNCCO2)cc1Br.Cl. The fourth-order valence-corrected chi connectivity index (χ4v) is 2.85. The number of methoxy groups -OCH3 is 1. The number of benzene rings is 1. The van der Waals surface area contributed by atoms with Gasteiger partial charge < -0.3 is 20.1 Å². The van der Waals surface area contributed by atoms with E-state index in [1.807, 2.05) is 25.1 Å². The summed E-state index contributed by atoms with van der Waals surface area (Å²) in [5, 5.41) is 6.22. The molecule has 1 saturated heterocycles. The number of ether oxygens (including phenoxy) is 2. The summed E-state index contributed by atoms with van der Waals surface area (Å²) in [5.41, 5.74) is 1.03. The van der Waals surface area contributed by atoms with E-state index in [0.717, 1.165) is 28.9 Å². The molecule has 1 aliphatic heterocycles. The summed E-state index contributed by atoms with van der Waals surface area (Å²) < 4.78 is 11.6. The van der Waals surface area contributed by atoms with Crippen LogP contribution in [0.4, 0.5) is 0 Å². The molecule has 7 heteroatoms. The Bertz CT molecular complexity index is 496. The fourth-order valence-electron chi connectivity index (χ4n) is 2.29. The first-order chi connectivity index (χ1) is 10.1. The van der Waals surface area contributed by atoms with Crippen LogP contribution in [0.1, 0.15) is 24.9 Å². The van der Waals surface area contributed by atoms with Gasteiger partial charge in [0.2, 0.25) is 5.91 Å². The highest BCUT2D eigenvalue weighted by molar-refractivity contribution is 9.10. The molecule has 1 fully saturated rings. The summed E-state index contributed by atoms with van der Waals surface area (Å²) in [6, 6.07) is 5.74. The van der Waals surface area contributed by atoms with Crippen LogP contribution >= 0.6 is 28.3 Å². The van der Waals surface area contributed by atoms with Crippen molar-refractivity contribution in [3.8, 4) is 5.75 Å². The molecular formula is C15H22BrClN2O3. The number of nitrogens with one attached hydrogen (secondary N) is 2. The van der Waals surface area contributed by atoms with Crippen molar-refractivity contribution >= 4 is 34.2 Å². The Labute approximate surface area is 145 Å². The van der Waals surface area contributed by atoms with Crippen LogP contribution in [0.2, 0.25) is 0 Å². The van der Waals surface area contributed by atoms with Crippen LogP contribution in [0.15, 0.2) is 22.7 Å². The van der Waals surface area contributed by atoms with Gasteiger partial charge in [-0.15, -0.1) is 12.4 Å². The van der Waals surface area contributed by atoms with E-state index in [1.165, 1.54) is 0 Å². The zero-order valence-electron chi connectivity index (χ0n) is 12.7. The number of carbonyl (C=O) groups excluding carboxylic acids is 1. The average molecular weight is 394 g/mol. The van der Waals surface area contributed by atoms with Crippen LogP contribution < -0.4 is 15.4 Å². The number of amides is 1. The Kier molecular flexibility index (Phi) is 8.17. The van der Waals surface area contributed by atoms with Gasteiger partial charge in [-0.3, -0.25) is 4.79 Å². The van der Waals surface area contributed by atoms with E-state index < -0.39 is 0 Å². The first kappa shape index (κ1) is 19.2. The van der Waals surface area contributed by atoms with Crippen molar-refractivity contribution in [2.75, 3.05) is 26.8 Å². The van der Waals surface area contributed by atoms with Crippen LogP contribution in [0.3, 0.4) is 0 Å². The van der Waals surface area contributed by atoms with E-state index in [2.05, 4.69) is 26.6 Å². The molecule has 22 heavy (non-hydrogen) atoms. The van der Waals surface area contributed by atoms with Crippen LogP contribution in [0, 0.1) is 0 Å². The molecule has 1 aromatic rings. The van der Waals surface area contributed by atoms with Crippen molar-refractivity contribution in [2.45, 2.75) is 25.5 Å². The van der Waals surface area contributed by atoms with Gasteiger partial charge in [-0.25, -0.2) is 0 Å². The van der Waals surface area contributed by atoms with Crippen LogP contribution in [0.25, 0.3) is 0 Å². The van der Waals surface area contributed by atoms with Crippen LogP contribution in [-0.4, -0.2) is 38.8 Å². The maximum atomic E-state index is 12.0. The number of rotatable bonds is 5.